The number of amides is 1. The molecule has 0 bridgehead atoms. The first-order valence-corrected chi connectivity index (χ1v) is 5.88. The fourth-order valence-electron chi connectivity index (χ4n) is 2.12. The second kappa shape index (κ2) is 4.81. The van der Waals surface area contributed by atoms with Crippen LogP contribution in [0.2, 0.25) is 0 Å². The minimum absolute atomic E-state index is 0.195. The largest absolute Gasteiger partial charge is 0.340 e. The van der Waals surface area contributed by atoms with Crippen molar-refractivity contribution in [2.75, 3.05) is 6.54 Å². The summed E-state index contributed by atoms with van der Waals surface area (Å²) >= 11 is 0. The molecule has 1 saturated heterocycles. The van der Waals surface area contributed by atoms with Crippen molar-refractivity contribution in [2.45, 2.75) is 53.0 Å². The average molecular weight is 197 g/mol. The molecule has 14 heavy (non-hydrogen) atoms. The van der Waals surface area contributed by atoms with Gasteiger partial charge in [0, 0.05) is 18.5 Å². The van der Waals surface area contributed by atoms with Crippen molar-refractivity contribution < 1.29 is 4.79 Å². The summed E-state index contributed by atoms with van der Waals surface area (Å²) in [6.07, 6.45) is 3.45. The maximum absolute atomic E-state index is 12.1. The highest BCUT2D eigenvalue weighted by Gasteiger charge is 2.30. The molecule has 0 aromatic rings. The van der Waals surface area contributed by atoms with Crippen molar-refractivity contribution in [2.24, 2.45) is 11.8 Å². The lowest BCUT2D eigenvalue weighted by Crippen LogP contribution is -2.39. The van der Waals surface area contributed by atoms with Gasteiger partial charge in [-0.2, -0.15) is 0 Å². The molecule has 1 aliphatic rings. The molecule has 2 heteroatoms. The molecular weight excluding hydrogens is 174 g/mol. The summed E-state index contributed by atoms with van der Waals surface area (Å²) in [4.78, 5) is 14.1. The van der Waals surface area contributed by atoms with Crippen LogP contribution >= 0.6 is 0 Å². The van der Waals surface area contributed by atoms with Crippen LogP contribution in [-0.4, -0.2) is 23.4 Å². The Labute approximate surface area is 87.7 Å². The van der Waals surface area contributed by atoms with Crippen LogP contribution < -0.4 is 0 Å². The number of hydrogen-bond acceptors (Lipinski definition) is 1. The maximum Gasteiger partial charge on any atom is 0.225 e. The van der Waals surface area contributed by atoms with Crippen LogP contribution in [0.15, 0.2) is 0 Å². The predicted octanol–water partition coefficient (Wildman–Crippen LogP) is 2.68. The van der Waals surface area contributed by atoms with Gasteiger partial charge < -0.3 is 4.90 Å². The molecule has 2 unspecified atom stereocenters. The first-order chi connectivity index (χ1) is 6.57. The van der Waals surface area contributed by atoms with Gasteiger partial charge in [-0.05, 0) is 25.7 Å². The van der Waals surface area contributed by atoms with Crippen molar-refractivity contribution >= 4 is 5.91 Å². The van der Waals surface area contributed by atoms with Crippen molar-refractivity contribution in [3.8, 4) is 0 Å². The fraction of sp³-hybridized carbons (Fsp3) is 0.917. The van der Waals surface area contributed by atoms with Crippen LogP contribution in [0.4, 0.5) is 0 Å². The summed E-state index contributed by atoms with van der Waals surface area (Å²) in [7, 11) is 0. The molecule has 2 nitrogen and oxygen atoms in total. The normalized spacial score (nSPS) is 26.3. The van der Waals surface area contributed by atoms with Crippen LogP contribution in [0.5, 0.6) is 0 Å². The van der Waals surface area contributed by atoms with Gasteiger partial charge in [-0.25, -0.2) is 0 Å². The van der Waals surface area contributed by atoms with E-state index in [1.165, 1.54) is 12.8 Å². The first kappa shape index (κ1) is 11.5. The Hall–Kier alpha value is -0.530. The number of nitrogens with zero attached hydrogens (tertiary/aromatic N) is 1. The van der Waals surface area contributed by atoms with E-state index in [2.05, 4.69) is 32.6 Å². The highest BCUT2D eigenvalue weighted by atomic mass is 16.2. The van der Waals surface area contributed by atoms with Gasteiger partial charge in [0.2, 0.25) is 5.91 Å². The Kier molecular flexibility index (Phi) is 3.97. The maximum atomic E-state index is 12.1. The van der Waals surface area contributed by atoms with Crippen molar-refractivity contribution in [1.82, 2.24) is 4.90 Å². The molecule has 1 heterocycles. The Morgan fingerprint density at radius 3 is 2.57 bits per heavy atom. The molecule has 0 radical (unpaired) electrons. The lowest BCUT2D eigenvalue weighted by Gasteiger charge is -2.27. The van der Waals surface area contributed by atoms with Crippen LogP contribution in [0.3, 0.4) is 0 Å². The van der Waals surface area contributed by atoms with Gasteiger partial charge in [-0.15, -0.1) is 0 Å². The molecule has 3 atom stereocenters. The van der Waals surface area contributed by atoms with Crippen LogP contribution in [0, 0.1) is 11.8 Å². The van der Waals surface area contributed by atoms with E-state index in [0.717, 1.165) is 13.0 Å². The van der Waals surface area contributed by atoms with Crippen molar-refractivity contribution in [3.63, 3.8) is 0 Å². The molecule has 0 N–H and O–H groups in total. The second-order valence-corrected chi connectivity index (χ2v) is 4.70. The Balaban J connectivity index is 2.55. The zero-order chi connectivity index (χ0) is 10.7. The van der Waals surface area contributed by atoms with Gasteiger partial charge in [-0.3, -0.25) is 4.79 Å². The Bertz CT molecular complexity index is 202. The average Bonchev–Trinajstić information content (AvgIpc) is 2.61. The molecule has 0 spiro atoms. The zero-order valence-corrected chi connectivity index (χ0v) is 9.92. The summed E-state index contributed by atoms with van der Waals surface area (Å²) in [5.41, 5.74) is 0. The topological polar surface area (TPSA) is 20.3 Å². The van der Waals surface area contributed by atoms with E-state index in [4.69, 9.17) is 0 Å². The summed E-state index contributed by atoms with van der Waals surface area (Å²) < 4.78 is 0. The third-order valence-corrected chi connectivity index (χ3v) is 3.72. The van der Waals surface area contributed by atoms with Gasteiger partial charge in [0.25, 0.3) is 0 Å². The highest BCUT2D eigenvalue weighted by molar-refractivity contribution is 5.79. The number of hydrogen-bond donors (Lipinski definition) is 0. The third kappa shape index (κ3) is 2.28. The Morgan fingerprint density at radius 2 is 2.14 bits per heavy atom. The lowest BCUT2D eigenvalue weighted by atomic mass is 9.92. The van der Waals surface area contributed by atoms with E-state index in [1.54, 1.807) is 0 Å². The van der Waals surface area contributed by atoms with Gasteiger partial charge in [0.05, 0.1) is 0 Å². The molecule has 1 aliphatic heterocycles. The molecule has 0 aliphatic carbocycles. The third-order valence-electron chi connectivity index (χ3n) is 3.72. The van der Waals surface area contributed by atoms with Crippen molar-refractivity contribution in [3.05, 3.63) is 0 Å². The summed E-state index contributed by atoms with van der Waals surface area (Å²) in [5, 5.41) is 0. The molecule has 82 valence electrons. The van der Waals surface area contributed by atoms with Crippen LogP contribution in [0.25, 0.3) is 0 Å². The highest BCUT2D eigenvalue weighted by Crippen LogP contribution is 2.23. The molecule has 1 amide bonds. The van der Waals surface area contributed by atoms with E-state index in [9.17, 15) is 4.79 Å². The number of likely N-dealkylation sites (tertiary alicyclic amines) is 1. The standard InChI is InChI=1S/C12H23NO/c1-5-9(2)11(4)12(14)13-8-6-7-10(13)3/h9-11H,5-8H2,1-4H3/t9?,10-,11?/m1/s1. The van der Waals surface area contributed by atoms with Gasteiger partial charge in [0.1, 0.15) is 0 Å². The van der Waals surface area contributed by atoms with Crippen LogP contribution in [0.1, 0.15) is 47.0 Å². The van der Waals surface area contributed by atoms with Gasteiger partial charge in [0.15, 0.2) is 0 Å². The van der Waals surface area contributed by atoms with Crippen LogP contribution in [-0.2, 0) is 4.79 Å². The van der Waals surface area contributed by atoms with E-state index in [1.807, 2.05) is 0 Å². The zero-order valence-electron chi connectivity index (χ0n) is 9.92. The molecule has 0 aromatic carbocycles. The van der Waals surface area contributed by atoms with E-state index >= 15 is 0 Å². The molecule has 1 fully saturated rings. The quantitative estimate of drug-likeness (QED) is 0.681. The number of carbonyl (C=O) groups excluding carboxylic acids is 1. The minimum Gasteiger partial charge on any atom is -0.340 e. The molecule has 1 rings (SSSR count). The monoisotopic (exact) mass is 197 g/mol. The molecular formula is C12H23NO. The fourth-order valence-corrected chi connectivity index (χ4v) is 2.12. The van der Waals surface area contributed by atoms with E-state index in [-0.39, 0.29) is 5.92 Å². The smallest absolute Gasteiger partial charge is 0.225 e. The number of rotatable bonds is 3. The Morgan fingerprint density at radius 1 is 1.50 bits per heavy atom. The SMILES string of the molecule is CCC(C)C(C)C(=O)N1CCC[C@H]1C. The van der Waals surface area contributed by atoms with Crippen molar-refractivity contribution in [1.29, 1.82) is 0 Å². The summed E-state index contributed by atoms with van der Waals surface area (Å²) in [6, 6.07) is 0.467. The van der Waals surface area contributed by atoms with E-state index in [0.29, 0.717) is 17.9 Å². The lowest BCUT2D eigenvalue weighted by molar-refractivity contribution is -0.137. The van der Waals surface area contributed by atoms with E-state index < -0.39 is 0 Å². The minimum atomic E-state index is 0.195. The predicted molar refractivity (Wildman–Crippen MR) is 59.0 cm³/mol. The second-order valence-electron chi connectivity index (χ2n) is 4.70. The van der Waals surface area contributed by atoms with Gasteiger partial charge in [-0.1, -0.05) is 27.2 Å². The van der Waals surface area contributed by atoms with Gasteiger partial charge >= 0.3 is 0 Å². The molecule has 0 aromatic heterocycles. The molecule has 0 saturated carbocycles. The first-order valence-electron chi connectivity index (χ1n) is 5.88. The summed E-state index contributed by atoms with van der Waals surface area (Å²) in [5.74, 6) is 1.07. The number of carbonyl (C=O) groups is 1. The summed E-state index contributed by atoms with van der Waals surface area (Å²) in [6.45, 7) is 9.53.